The number of aromatic nitrogens is 1. The molecule has 1 amide bonds. The maximum absolute atomic E-state index is 11.2. The van der Waals surface area contributed by atoms with Crippen molar-refractivity contribution in [1.82, 2.24) is 10.3 Å². The summed E-state index contributed by atoms with van der Waals surface area (Å²) in [6, 6.07) is -0.436. The number of nitrogens with zero attached hydrogens (tertiary/aromatic N) is 1. The van der Waals surface area contributed by atoms with Gasteiger partial charge in [0.2, 0.25) is 5.91 Å². The van der Waals surface area contributed by atoms with Crippen molar-refractivity contribution >= 4 is 29.7 Å². The summed E-state index contributed by atoms with van der Waals surface area (Å²) in [5.74, 6) is -0.103. The van der Waals surface area contributed by atoms with Crippen LogP contribution in [0.1, 0.15) is 22.5 Å². The third-order valence-electron chi connectivity index (χ3n) is 2.06. The van der Waals surface area contributed by atoms with E-state index in [-0.39, 0.29) is 18.3 Å². The van der Waals surface area contributed by atoms with E-state index in [2.05, 4.69) is 10.3 Å². The monoisotopic (exact) mass is 263 g/mol. The number of aryl methyl sites for hydroxylation is 2. The molecule has 0 aliphatic rings. The van der Waals surface area contributed by atoms with Crippen molar-refractivity contribution in [3.63, 3.8) is 0 Å². The van der Waals surface area contributed by atoms with Gasteiger partial charge in [-0.2, -0.15) is 0 Å². The van der Waals surface area contributed by atoms with Gasteiger partial charge < -0.3 is 11.1 Å². The van der Waals surface area contributed by atoms with E-state index in [1.165, 1.54) is 4.88 Å². The van der Waals surface area contributed by atoms with Crippen LogP contribution in [-0.2, 0) is 11.2 Å². The third-order valence-corrected chi connectivity index (χ3v) is 3.20. The Morgan fingerprint density at radius 3 is 2.62 bits per heavy atom. The number of carbonyl (C=O) groups excluding carboxylic acids is 1. The quantitative estimate of drug-likeness (QED) is 0.857. The van der Waals surface area contributed by atoms with Crippen LogP contribution in [0.5, 0.6) is 0 Å². The molecular formula is C10H18ClN3OS. The van der Waals surface area contributed by atoms with Crippen LogP contribution >= 0.6 is 23.7 Å². The molecule has 0 spiro atoms. The number of nitrogens with two attached hydrogens (primary N) is 1. The van der Waals surface area contributed by atoms with Crippen molar-refractivity contribution in [3.05, 3.63) is 15.6 Å². The molecular weight excluding hydrogens is 246 g/mol. The van der Waals surface area contributed by atoms with Crippen LogP contribution in [0.4, 0.5) is 0 Å². The molecule has 0 aliphatic carbocycles. The second-order valence-corrected chi connectivity index (χ2v) is 4.86. The van der Waals surface area contributed by atoms with Crippen molar-refractivity contribution in [2.75, 3.05) is 6.54 Å². The van der Waals surface area contributed by atoms with Crippen LogP contribution in [0.15, 0.2) is 0 Å². The highest BCUT2D eigenvalue weighted by Gasteiger charge is 2.08. The van der Waals surface area contributed by atoms with E-state index >= 15 is 0 Å². The number of carbonyl (C=O) groups is 1. The lowest BCUT2D eigenvalue weighted by Crippen LogP contribution is -2.39. The zero-order valence-corrected chi connectivity index (χ0v) is 11.4. The zero-order valence-electron chi connectivity index (χ0n) is 9.74. The summed E-state index contributed by atoms with van der Waals surface area (Å²) in [6.45, 7) is 6.29. The summed E-state index contributed by atoms with van der Waals surface area (Å²) in [7, 11) is 0. The number of thiazole rings is 1. The van der Waals surface area contributed by atoms with Crippen LogP contribution < -0.4 is 11.1 Å². The van der Waals surface area contributed by atoms with Gasteiger partial charge in [0.1, 0.15) is 0 Å². The summed E-state index contributed by atoms with van der Waals surface area (Å²) >= 11 is 1.68. The Balaban J connectivity index is 0.00000225. The van der Waals surface area contributed by atoms with E-state index in [9.17, 15) is 4.79 Å². The van der Waals surface area contributed by atoms with Gasteiger partial charge in [0.15, 0.2) is 0 Å². The molecule has 1 aromatic heterocycles. The Labute approximate surface area is 106 Å². The van der Waals surface area contributed by atoms with E-state index < -0.39 is 6.04 Å². The Morgan fingerprint density at radius 2 is 2.19 bits per heavy atom. The lowest BCUT2D eigenvalue weighted by atomic mass is 10.3. The van der Waals surface area contributed by atoms with Crippen LogP contribution in [0.2, 0.25) is 0 Å². The minimum atomic E-state index is -0.436. The number of rotatable bonds is 4. The van der Waals surface area contributed by atoms with Crippen molar-refractivity contribution in [2.45, 2.75) is 33.2 Å². The lowest BCUT2D eigenvalue weighted by molar-refractivity contribution is -0.121. The van der Waals surface area contributed by atoms with Gasteiger partial charge in [-0.3, -0.25) is 4.79 Å². The maximum atomic E-state index is 11.2. The highest BCUT2D eigenvalue weighted by molar-refractivity contribution is 7.11. The van der Waals surface area contributed by atoms with Gasteiger partial charge in [0.05, 0.1) is 16.7 Å². The van der Waals surface area contributed by atoms with Crippen LogP contribution in [0, 0.1) is 13.8 Å². The molecule has 0 saturated carbocycles. The molecule has 1 atom stereocenters. The number of halogens is 1. The van der Waals surface area contributed by atoms with Crippen molar-refractivity contribution in [3.8, 4) is 0 Å². The highest BCUT2D eigenvalue weighted by Crippen LogP contribution is 2.16. The number of hydrogen-bond donors (Lipinski definition) is 2. The second kappa shape index (κ2) is 6.83. The molecule has 1 aromatic rings. The molecule has 0 bridgehead atoms. The van der Waals surface area contributed by atoms with Crippen LogP contribution in [0.3, 0.4) is 0 Å². The molecule has 3 N–H and O–H groups in total. The van der Waals surface area contributed by atoms with Gasteiger partial charge in [0, 0.05) is 17.8 Å². The first-order chi connectivity index (χ1) is 7.00. The zero-order chi connectivity index (χ0) is 11.4. The second-order valence-electron chi connectivity index (χ2n) is 3.57. The van der Waals surface area contributed by atoms with E-state index in [1.54, 1.807) is 18.3 Å². The third kappa shape index (κ3) is 4.47. The van der Waals surface area contributed by atoms with Gasteiger partial charge in [-0.05, 0) is 20.8 Å². The fourth-order valence-electron chi connectivity index (χ4n) is 1.27. The molecule has 0 radical (unpaired) electrons. The molecule has 6 heteroatoms. The minimum absolute atomic E-state index is 0. The average molecular weight is 264 g/mol. The maximum Gasteiger partial charge on any atom is 0.236 e. The Kier molecular flexibility index (Phi) is 6.55. The largest absolute Gasteiger partial charge is 0.354 e. The van der Waals surface area contributed by atoms with Crippen LogP contribution in [0.25, 0.3) is 0 Å². The summed E-state index contributed by atoms with van der Waals surface area (Å²) in [6.07, 6.45) is 0.829. The van der Waals surface area contributed by atoms with E-state index in [0.29, 0.717) is 6.54 Å². The predicted molar refractivity (Wildman–Crippen MR) is 69.2 cm³/mol. The first kappa shape index (κ1) is 15.3. The predicted octanol–water partition coefficient (Wildman–Crippen LogP) is 1.19. The van der Waals surface area contributed by atoms with Gasteiger partial charge in [-0.1, -0.05) is 0 Å². The summed E-state index contributed by atoms with van der Waals surface area (Å²) < 4.78 is 0. The molecule has 0 aliphatic heterocycles. The molecule has 1 unspecified atom stereocenters. The number of hydrogen-bond acceptors (Lipinski definition) is 4. The number of amides is 1. The molecule has 0 saturated heterocycles. The van der Waals surface area contributed by atoms with Gasteiger partial charge >= 0.3 is 0 Å². The first-order valence-electron chi connectivity index (χ1n) is 4.97. The van der Waals surface area contributed by atoms with Crippen molar-refractivity contribution in [2.24, 2.45) is 5.73 Å². The fraction of sp³-hybridized carbons (Fsp3) is 0.600. The molecule has 1 heterocycles. The van der Waals surface area contributed by atoms with E-state index in [4.69, 9.17) is 5.73 Å². The topological polar surface area (TPSA) is 68.0 Å². The summed E-state index contributed by atoms with van der Waals surface area (Å²) in [5.41, 5.74) is 6.49. The summed E-state index contributed by atoms with van der Waals surface area (Å²) in [5, 5.41) is 3.85. The van der Waals surface area contributed by atoms with Crippen LogP contribution in [-0.4, -0.2) is 23.5 Å². The average Bonchev–Trinajstić information content (AvgIpc) is 2.45. The Bertz CT molecular complexity index is 352. The molecule has 16 heavy (non-hydrogen) atoms. The Hall–Kier alpha value is -0.650. The standard InChI is InChI=1S/C10H17N3OS.ClH/c1-6(11)10(14)12-5-4-9-7(2)13-8(3)15-9;/h6H,4-5,11H2,1-3H3,(H,12,14);1H. The Morgan fingerprint density at radius 1 is 1.56 bits per heavy atom. The molecule has 92 valence electrons. The van der Waals surface area contributed by atoms with E-state index in [0.717, 1.165) is 17.1 Å². The molecule has 0 fully saturated rings. The fourth-order valence-corrected chi connectivity index (χ4v) is 2.20. The smallest absolute Gasteiger partial charge is 0.236 e. The molecule has 4 nitrogen and oxygen atoms in total. The van der Waals surface area contributed by atoms with Gasteiger partial charge in [-0.25, -0.2) is 4.98 Å². The van der Waals surface area contributed by atoms with Gasteiger partial charge in [-0.15, -0.1) is 23.7 Å². The minimum Gasteiger partial charge on any atom is -0.354 e. The number of nitrogens with one attached hydrogen (secondary N) is 1. The molecule has 1 rings (SSSR count). The molecule has 0 aromatic carbocycles. The van der Waals surface area contributed by atoms with Crippen molar-refractivity contribution in [1.29, 1.82) is 0 Å². The van der Waals surface area contributed by atoms with Crippen molar-refractivity contribution < 1.29 is 4.79 Å². The lowest BCUT2D eigenvalue weighted by Gasteiger charge is -2.06. The van der Waals surface area contributed by atoms with E-state index in [1.807, 2.05) is 13.8 Å². The van der Waals surface area contributed by atoms with Gasteiger partial charge in [0.25, 0.3) is 0 Å². The SMILES string of the molecule is Cc1nc(C)c(CCNC(=O)C(C)N)s1.Cl. The highest BCUT2D eigenvalue weighted by atomic mass is 35.5. The normalized spacial score (nSPS) is 11.8. The first-order valence-corrected chi connectivity index (χ1v) is 5.78. The summed E-state index contributed by atoms with van der Waals surface area (Å²) in [4.78, 5) is 16.7.